The molecule has 6 heteroatoms. The summed E-state index contributed by atoms with van der Waals surface area (Å²) in [6.45, 7) is 5.07. The summed E-state index contributed by atoms with van der Waals surface area (Å²) < 4.78 is 11.5. The highest BCUT2D eigenvalue weighted by Crippen LogP contribution is 2.20. The van der Waals surface area contributed by atoms with Crippen LogP contribution in [-0.2, 0) is 22.6 Å². The van der Waals surface area contributed by atoms with Crippen LogP contribution in [0.15, 0.2) is 48.8 Å². The van der Waals surface area contributed by atoms with E-state index in [4.69, 9.17) is 9.47 Å². The molecule has 2 aliphatic rings. The van der Waals surface area contributed by atoms with Crippen LogP contribution < -0.4 is 4.74 Å². The first-order chi connectivity index (χ1) is 14.8. The van der Waals surface area contributed by atoms with E-state index in [1.807, 2.05) is 35.2 Å². The number of carbonyl (C=O) groups excluding carboxylic acids is 1. The highest BCUT2D eigenvalue weighted by atomic mass is 16.5. The van der Waals surface area contributed by atoms with Crippen molar-refractivity contribution in [1.29, 1.82) is 0 Å². The van der Waals surface area contributed by atoms with Gasteiger partial charge in [-0.2, -0.15) is 0 Å². The van der Waals surface area contributed by atoms with Crippen LogP contribution in [0.3, 0.4) is 0 Å². The monoisotopic (exact) mass is 409 g/mol. The second-order valence-electron chi connectivity index (χ2n) is 8.19. The van der Waals surface area contributed by atoms with Crippen LogP contribution in [0.1, 0.15) is 36.8 Å². The Labute approximate surface area is 178 Å². The van der Waals surface area contributed by atoms with Gasteiger partial charge in [0.2, 0.25) is 5.91 Å². The fourth-order valence-corrected chi connectivity index (χ4v) is 4.09. The van der Waals surface area contributed by atoms with Gasteiger partial charge in [0.05, 0.1) is 19.8 Å². The van der Waals surface area contributed by atoms with Crippen molar-refractivity contribution in [3.05, 3.63) is 59.9 Å². The van der Waals surface area contributed by atoms with Crippen molar-refractivity contribution in [3.63, 3.8) is 0 Å². The van der Waals surface area contributed by atoms with Gasteiger partial charge in [-0.1, -0.05) is 18.6 Å². The van der Waals surface area contributed by atoms with Gasteiger partial charge in [0.1, 0.15) is 11.9 Å². The number of likely N-dealkylation sites (tertiary alicyclic amines) is 1. The third-order valence-corrected chi connectivity index (χ3v) is 5.75. The van der Waals surface area contributed by atoms with Crippen molar-refractivity contribution in [2.45, 2.75) is 44.9 Å². The molecular weight excluding hydrogens is 378 g/mol. The smallest absolute Gasteiger partial charge is 0.237 e. The molecule has 0 unspecified atom stereocenters. The van der Waals surface area contributed by atoms with Gasteiger partial charge in [0, 0.05) is 31.9 Å². The number of ether oxygens (including phenoxy) is 2. The van der Waals surface area contributed by atoms with E-state index >= 15 is 0 Å². The number of rotatable bonds is 8. The Kier molecular flexibility index (Phi) is 7.32. The third kappa shape index (κ3) is 6.03. The predicted molar refractivity (Wildman–Crippen MR) is 115 cm³/mol. The van der Waals surface area contributed by atoms with Crippen molar-refractivity contribution in [2.75, 3.05) is 32.8 Å². The Balaban J connectivity index is 1.45. The summed E-state index contributed by atoms with van der Waals surface area (Å²) in [6.07, 6.45) is 8.23. The molecule has 0 aliphatic carbocycles. The Morgan fingerprint density at radius 2 is 1.90 bits per heavy atom. The number of pyridine rings is 1. The molecule has 2 aromatic rings. The van der Waals surface area contributed by atoms with Crippen molar-refractivity contribution >= 4 is 5.91 Å². The molecule has 0 spiro atoms. The summed E-state index contributed by atoms with van der Waals surface area (Å²) in [6, 6.07) is 12.0. The summed E-state index contributed by atoms with van der Waals surface area (Å²) in [5, 5.41) is 0. The van der Waals surface area contributed by atoms with Gasteiger partial charge in [-0.25, -0.2) is 0 Å². The van der Waals surface area contributed by atoms with Gasteiger partial charge >= 0.3 is 0 Å². The average Bonchev–Trinajstić information content (AvgIpc) is 3.28. The number of carbonyl (C=O) groups is 1. The summed E-state index contributed by atoms with van der Waals surface area (Å²) in [7, 11) is 0. The maximum atomic E-state index is 13.2. The molecule has 1 amide bonds. The number of aromatic nitrogens is 1. The first kappa shape index (κ1) is 20.8. The summed E-state index contributed by atoms with van der Waals surface area (Å²) >= 11 is 0. The predicted octanol–water partition coefficient (Wildman–Crippen LogP) is 3.26. The van der Waals surface area contributed by atoms with Crippen LogP contribution in [0, 0.1) is 0 Å². The maximum Gasteiger partial charge on any atom is 0.237 e. The van der Waals surface area contributed by atoms with Crippen LogP contribution in [0.4, 0.5) is 0 Å². The Hall–Kier alpha value is -2.44. The number of hydrogen-bond acceptors (Lipinski definition) is 5. The third-order valence-electron chi connectivity index (χ3n) is 5.75. The topological polar surface area (TPSA) is 54.9 Å². The lowest BCUT2D eigenvalue weighted by molar-refractivity contribution is -0.134. The number of amides is 1. The highest BCUT2D eigenvalue weighted by Gasteiger charge is 2.21. The fourth-order valence-electron chi connectivity index (χ4n) is 4.09. The van der Waals surface area contributed by atoms with E-state index in [-0.39, 0.29) is 12.0 Å². The molecule has 1 aromatic heterocycles. The zero-order chi connectivity index (χ0) is 20.6. The van der Waals surface area contributed by atoms with Crippen molar-refractivity contribution in [3.8, 4) is 5.75 Å². The fraction of sp³-hybridized carbons (Fsp3) is 0.500. The van der Waals surface area contributed by atoms with Gasteiger partial charge in [0.25, 0.3) is 0 Å². The second kappa shape index (κ2) is 10.5. The lowest BCUT2D eigenvalue weighted by atomic mass is 10.1. The second-order valence-corrected chi connectivity index (χ2v) is 8.19. The molecule has 2 aliphatic heterocycles. The molecule has 30 heavy (non-hydrogen) atoms. The largest absolute Gasteiger partial charge is 0.488 e. The standard InChI is InChI=1S/C24H31N3O3/c28-24(18-26-12-2-1-3-13-26)27(16-20-7-10-25-11-8-20)17-21-5-4-6-22(15-21)30-23-9-14-29-19-23/h4-8,10-11,15,23H,1-3,9,12-14,16-19H2/t23-/m0/s1. The summed E-state index contributed by atoms with van der Waals surface area (Å²) in [4.78, 5) is 21.5. The van der Waals surface area contributed by atoms with E-state index in [0.717, 1.165) is 43.0 Å². The van der Waals surface area contributed by atoms with E-state index in [2.05, 4.69) is 16.0 Å². The van der Waals surface area contributed by atoms with Crippen LogP contribution in [0.5, 0.6) is 5.75 Å². The summed E-state index contributed by atoms with van der Waals surface area (Å²) in [5.74, 6) is 1.01. The Morgan fingerprint density at radius 3 is 2.67 bits per heavy atom. The van der Waals surface area contributed by atoms with E-state index in [9.17, 15) is 4.79 Å². The molecule has 2 saturated heterocycles. The quantitative estimate of drug-likeness (QED) is 0.670. The molecular formula is C24H31N3O3. The van der Waals surface area contributed by atoms with E-state index in [0.29, 0.717) is 26.2 Å². The van der Waals surface area contributed by atoms with Gasteiger partial charge in [-0.05, 0) is 61.3 Å². The number of piperidine rings is 1. The first-order valence-corrected chi connectivity index (χ1v) is 11.0. The SMILES string of the molecule is O=C(CN1CCCCC1)N(Cc1ccncc1)Cc1cccc(O[C@H]2CCOC2)c1. The zero-order valence-electron chi connectivity index (χ0n) is 17.5. The van der Waals surface area contributed by atoms with E-state index in [1.165, 1.54) is 19.3 Å². The van der Waals surface area contributed by atoms with Crippen LogP contribution >= 0.6 is 0 Å². The zero-order valence-corrected chi connectivity index (χ0v) is 17.5. The van der Waals surface area contributed by atoms with E-state index < -0.39 is 0 Å². The maximum absolute atomic E-state index is 13.2. The molecule has 0 radical (unpaired) electrons. The van der Waals surface area contributed by atoms with Crippen LogP contribution in [0.2, 0.25) is 0 Å². The Morgan fingerprint density at radius 1 is 1.10 bits per heavy atom. The molecule has 0 N–H and O–H groups in total. The molecule has 6 nitrogen and oxygen atoms in total. The molecule has 0 bridgehead atoms. The molecule has 0 saturated carbocycles. The number of nitrogens with zero attached hydrogens (tertiary/aromatic N) is 3. The van der Waals surface area contributed by atoms with Gasteiger partial charge in [-0.3, -0.25) is 14.7 Å². The van der Waals surface area contributed by atoms with Gasteiger partial charge < -0.3 is 14.4 Å². The number of hydrogen-bond donors (Lipinski definition) is 0. The average molecular weight is 410 g/mol. The minimum Gasteiger partial charge on any atom is -0.488 e. The molecule has 160 valence electrons. The molecule has 3 heterocycles. The lowest BCUT2D eigenvalue weighted by Crippen LogP contribution is -2.41. The van der Waals surface area contributed by atoms with Crippen molar-refractivity contribution in [2.24, 2.45) is 0 Å². The summed E-state index contributed by atoms with van der Waals surface area (Å²) in [5.41, 5.74) is 2.17. The van der Waals surface area contributed by atoms with Gasteiger partial charge in [-0.15, -0.1) is 0 Å². The normalized spacial score (nSPS) is 19.5. The van der Waals surface area contributed by atoms with Gasteiger partial charge in [0.15, 0.2) is 0 Å². The van der Waals surface area contributed by atoms with Crippen LogP contribution in [0.25, 0.3) is 0 Å². The van der Waals surface area contributed by atoms with Crippen LogP contribution in [-0.4, -0.2) is 59.6 Å². The minimum atomic E-state index is 0.119. The van der Waals surface area contributed by atoms with Crippen molar-refractivity contribution < 1.29 is 14.3 Å². The Bertz CT molecular complexity index is 802. The molecule has 1 atom stereocenters. The first-order valence-electron chi connectivity index (χ1n) is 11.0. The van der Waals surface area contributed by atoms with E-state index in [1.54, 1.807) is 12.4 Å². The number of benzene rings is 1. The van der Waals surface area contributed by atoms with Crippen molar-refractivity contribution in [1.82, 2.24) is 14.8 Å². The molecule has 2 fully saturated rings. The highest BCUT2D eigenvalue weighted by molar-refractivity contribution is 5.78. The molecule has 4 rings (SSSR count). The lowest BCUT2D eigenvalue weighted by Gasteiger charge is -2.30. The molecule has 1 aromatic carbocycles. The minimum absolute atomic E-state index is 0.119.